The Kier molecular flexibility index (Phi) is 4.36. The van der Waals surface area contributed by atoms with E-state index in [0.29, 0.717) is 5.92 Å². The average Bonchev–Trinajstić information content (AvgIpc) is 2.27. The molecule has 0 saturated heterocycles. The summed E-state index contributed by atoms with van der Waals surface area (Å²) in [5, 5.41) is 0. The SMILES string of the molecule is CCC(C)C(C)(N)Cc1cccc(OC)c1. The fourth-order valence-corrected chi connectivity index (χ4v) is 1.86. The summed E-state index contributed by atoms with van der Waals surface area (Å²) in [5.74, 6) is 1.41. The summed E-state index contributed by atoms with van der Waals surface area (Å²) in [6.45, 7) is 6.52. The Morgan fingerprint density at radius 3 is 2.69 bits per heavy atom. The van der Waals surface area contributed by atoms with Gasteiger partial charge in [-0.3, -0.25) is 0 Å². The minimum Gasteiger partial charge on any atom is -0.497 e. The Morgan fingerprint density at radius 2 is 2.12 bits per heavy atom. The van der Waals surface area contributed by atoms with Gasteiger partial charge in [0.25, 0.3) is 0 Å². The summed E-state index contributed by atoms with van der Waals surface area (Å²) in [7, 11) is 1.69. The molecule has 2 nitrogen and oxygen atoms in total. The van der Waals surface area contributed by atoms with Gasteiger partial charge in [0.2, 0.25) is 0 Å². The molecule has 1 rings (SSSR count). The minimum atomic E-state index is -0.152. The predicted molar refractivity (Wildman–Crippen MR) is 68.7 cm³/mol. The van der Waals surface area contributed by atoms with Crippen molar-refractivity contribution in [1.82, 2.24) is 0 Å². The molecule has 2 atom stereocenters. The second-order valence-electron chi connectivity index (χ2n) is 4.84. The van der Waals surface area contributed by atoms with Gasteiger partial charge in [-0.05, 0) is 37.0 Å². The van der Waals surface area contributed by atoms with E-state index in [1.807, 2.05) is 12.1 Å². The lowest BCUT2D eigenvalue weighted by Gasteiger charge is -2.31. The molecule has 16 heavy (non-hydrogen) atoms. The van der Waals surface area contributed by atoms with Crippen LogP contribution in [0.5, 0.6) is 5.75 Å². The molecule has 2 unspecified atom stereocenters. The monoisotopic (exact) mass is 221 g/mol. The van der Waals surface area contributed by atoms with Crippen LogP contribution in [0, 0.1) is 5.92 Å². The zero-order valence-electron chi connectivity index (χ0n) is 10.8. The number of nitrogens with two attached hydrogens (primary N) is 1. The molecule has 2 N–H and O–H groups in total. The molecular weight excluding hydrogens is 198 g/mol. The number of hydrogen-bond acceptors (Lipinski definition) is 2. The second-order valence-corrected chi connectivity index (χ2v) is 4.84. The van der Waals surface area contributed by atoms with E-state index in [9.17, 15) is 0 Å². The molecule has 2 heteroatoms. The van der Waals surface area contributed by atoms with Gasteiger partial charge in [0.1, 0.15) is 5.75 Å². The van der Waals surface area contributed by atoms with Crippen molar-refractivity contribution in [2.75, 3.05) is 7.11 Å². The normalized spacial score (nSPS) is 16.6. The third-order valence-corrected chi connectivity index (χ3v) is 3.46. The van der Waals surface area contributed by atoms with E-state index in [1.165, 1.54) is 5.56 Å². The highest BCUT2D eigenvalue weighted by atomic mass is 16.5. The molecule has 0 aliphatic rings. The van der Waals surface area contributed by atoms with Crippen LogP contribution in [0.3, 0.4) is 0 Å². The van der Waals surface area contributed by atoms with E-state index in [2.05, 4.69) is 32.9 Å². The van der Waals surface area contributed by atoms with Crippen LogP contribution in [0.25, 0.3) is 0 Å². The van der Waals surface area contributed by atoms with Crippen molar-refractivity contribution < 1.29 is 4.74 Å². The number of rotatable bonds is 5. The van der Waals surface area contributed by atoms with E-state index in [1.54, 1.807) is 7.11 Å². The molecule has 0 spiro atoms. The third-order valence-electron chi connectivity index (χ3n) is 3.46. The van der Waals surface area contributed by atoms with Crippen LogP contribution < -0.4 is 10.5 Å². The largest absolute Gasteiger partial charge is 0.497 e. The van der Waals surface area contributed by atoms with Crippen LogP contribution in [0.15, 0.2) is 24.3 Å². The molecule has 0 fully saturated rings. The molecule has 0 radical (unpaired) electrons. The van der Waals surface area contributed by atoms with Crippen LogP contribution >= 0.6 is 0 Å². The summed E-state index contributed by atoms with van der Waals surface area (Å²) in [5.41, 5.74) is 7.44. The third kappa shape index (κ3) is 3.24. The first kappa shape index (κ1) is 13.0. The van der Waals surface area contributed by atoms with E-state index in [-0.39, 0.29) is 5.54 Å². The molecule has 90 valence electrons. The van der Waals surface area contributed by atoms with Crippen LogP contribution in [0.4, 0.5) is 0 Å². The highest BCUT2D eigenvalue weighted by molar-refractivity contribution is 5.29. The lowest BCUT2D eigenvalue weighted by atomic mass is 9.81. The summed E-state index contributed by atoms with van der Waals surface area (Å²) in [6, 6.07) is 8.14. The van der Waals surface area contributed by atoms with Crippen LogP contribution in [-0.2, 0) is 6.42 Å². The molecule has 0 bridgehead atoms. The molecule has 0 aliphatic heterocycles. The molecule has 1 aromatic carbocycles. The number of hydrogen-bond donors (Lipinski definition) is 1. The van der Waals surface area contributed by atoms with E-state index in [0.717, 1.165) is 18.6 Å². The highest BCUT2D eigenvalue weighted by Gasteiger charge is 2.25. The quantitative estimate of drug-likeness (QED) is 0.829. The maximum absolute atomic E-state index is 6.35. The smallest absolute Gasteiger partial charge is 0.119 e. The van der Waals surface area contributed by atoms with Gasteiger partial charge in [-0.15, -0.1) is 0 Å². The summed E-state index contributed by atoms with van der Waals surface area (Å²) < 4.78 is 5.22. The number of methoxy groups -OCH3 is 1. The fourth-order valence-electron chi connectivity index (χ4n) is 1.86. The first-order chi connectivity index (χ1) is 7.49. The highest BCUT2D eigenvalue weighted by Crippen LogP contribution is 2.23. The van der Waals surface area contributed by atoms with E-state index < -0.39 is 0 Å². The van der Waals surface area contributed by atoms with Gasteiger partial charge in [-0.1, -0.05) is 32.4 Å². The van der Waals surface area contributed by atoms with Gasteiger partial charge in [0.05, 0.1) is 7.11 Å². The van der Waals surface area contributed by atoms with Gasteiger partial charge in [-0.2, -0.15) is 0 Å². The van der Waals surface area contributed by atoms with Gasteiger partial charge < -0.3 is 10.5 Å². The van der Waals surface area contributed by atoms with Gasteiger partial charge in [0.15, 0.2) is 0 Å². The lowest BCUT2D eigenvalue weighted by Crippen LogP contribution is -2.44. The molecule has 0 amide bonds. The minimum absolute atomic E-state index is 0.152. The average molecular weight is 221 g/mol. The molecule has 0 aliphatic carbocycles. The summed E-state index contributed by atoms with van der Waals surface area (Å²) in [6.07, 6.45) is 2.00. The maximum Gasteiger partial charge on any atom is 0.119 e. The molecule has 1 aromatic rings. The Labute approximate surface area is 98.8 Å². The van der Waals surface area contributed by atoms with Crippen molar-refractivity contribution in [3.8, 4) is 5.75 Å². The van der Waals surface area contributed by atoms with Crippen LogP contribution in [0.2, 0.25) is 0 Å². The topological polar surface area (TPSA) is 35.2 Å². The standard InChI is InChI=1S/C14H23NO/c1-5-11(2)14(3,15)10-12-7-6-8-13(9-12)16-4/h6-9,11H,5,10,15H2,1-4H3. The van der Waals surface area contributed by atoms with Gasteiger partial charge in [0, 0.05) is 5.54 Å². The number of benzene rings is 1. The van der Waals surface area contributed by atoms with Crippen molar-refractivity contribution in [2.45, 2.75) is 39.2 Å². The predicted octanol–water partition coefficient (Wildman–Crippen LogP) is 3.00. The van der Waals surface area contributed by atoms with Crippen molar-refractivity contribution in [2.24, 2.45) is 11.7 Å². The van der Waals surface area contributed by atoms with Crippen LogP contribution in [0.1, 0.15) is 32.8 Å². The van der Waals surface area contributed by atoms with Crippen molar-refractivity contribution >= 4 is 0 Å². The fraction of sp³-hybridized carbons (Fsp3) is 0.571. The Bertz CT molecular complexity index is 333. The van der Waals surface area contributed by atoms with Crippen molar-refractivity contribution in [3.63, 3.8) is 0 Å². The van der Waals surface area contributed by atoms with E-state index >= 15 is 0 Å². The molecule has 0 saturated carbocycles. The zero-order valence-corrected chi connectivity index (χ0v) is 10.8. The molecular formula is C14H23NO. The first-order valence-corrected chi connectivity index (χ1v) is 5.91. The Balaban J connectivity index is 2.79. The van der Waals surface area contributed by atoms with Crippen molar-refractivity contribution in [1.29, 1.82) is 0 Å². The Hall–Kier alpha value is -1.02. The van der Waals surface area contributed by atoms with Crippen LogP contribution in [-0.4, -0.2) is 12.6 Å². The second kappa shape index (κ2) is 5.35. The maximum atomic E-state index is 6.35. The molecule has 0 heterocycles. The first-order valence-electron chi connectivity index (χ1n) is 5.91. The zero-order chi connectivity index (χ0) is 12.2. The number of ether oxygens (including phenoxy) is 1. The lowest BCUT2D eigenvalue weighted by molar-refractivity contribution is 0.306. The van der Waals surface area contributed by atoms with Gasteiger partial charge >= 0.3 is 0 Å². The molecule has 0 aromatic heterocycles. The summed E-state index contributed by atoms with van der Waals surface area (Å²) >= 11 is 0. The summed E-state index contributed by atoms with van der Waals surface area (Å²) in [4.78, 5) is 0. The van der Waals surface area contributed by atoms with Crippen molar-refractivity contribution in [3.05, 3.63) is 29.8 Å². The Morgan fingerprint density at radius 1 is 1.44 bits per heavy atom. The van der Waals surface area contributed by atoms with E-state index in [4.69, 9.17) is 10.5 Å². The van der Waals surface area contributed by atoms with Gasteiger partial charge in [-0.25, -0.2) is 0 Å².